The summed E-state index contributed by atoms with van der Waals surface area (Å²) in [6.07, 6.45) is -0.468. The molecule has 0 aliphatic rings. The molecule has 0 heterocycles. The highest BCUT2D eigenvalue weighted by molar-refractivity contribution is 5.82. The first-order valence-electron chi connectivity index (χ1n) is 6.58. The Morgan fingerprint density at radius 3 is 2.45 bits per heavy atom. The zero-order valence-electron chi connectivity index (χ0n) is 12.2. The summed E-state index contributed by atoms with van der Waals surface area (Å²) in [6.45, 7) is 2.41. The summed E-state index contributed by atoms with van der Waals surface area (Å²) in [5, 5.41) is 0. The van der Waals surface area contributed by atoms with Crippen LogP contribution >= 0.6 is 0 Å². The van der Waals surface area contributed by atoms with Crippen LogP contribution in [0.15, 0.2) is 30.3 Å². The molecule has 0 spiro atoms. The lowest BCUT2D eigenvalue weighted by Gasteiger charge is -2.22. The van der Waals surface area contributed by atoms with Crippen LogP contribution < -0.4 is 0 Å². The maximum Gasteiger partial charge on any atom is 0.307 e. The van der Waals surface area contributed by atoms with Crippen LogP contribution in [0.25, 0.3) is 0 Å². The molecule has 110 valence electrons. The number of hydrogen-bond acceptors (Lipinski definition) is 4. The zero-order valence-corrected chi connectivity index (χ0v) is 12.2. The minimum Gasteiger partial charge on any atom is -0.466 e. The molecule has 0 aromatic heterocycles. The molecule has 0 bridgehead atoms. The van der Waals surface area contributed by atoms with Gasteiger partial charge < -0.3 is 14.4 Å². The summed E-state index contributed by atoms with van der Waals surface area (Å²) >= 11 is 0. The van der Waals surface area contributed by atoms with Crippen molar-refractivity contribution in [2.24, 2.45) is 0 Å². The molecule has 20 heavy (non-hydrogen) atoms. The van der Waals surface area contributed by atoms with Crippen LogP contribution in [-0.4, -0.2) is 44.1 Å². The molecule has 0 radical (unpaired) electrons. The van der Waals surface area contributed by atoms with Gasteiger partial charge in [0, 0.05) is 20.7 Å². The normalized spacial score (nSPS) is 11.8. The average molecular weight is 279 g/mol. The summed E-state index contributed by atoms with van der Waals surface area (Å²) < 4.78 is 10.1. The zero-order chi connectivity index (χ0) is 15.0. The number of benzene rings is 1. The Morgan fingerprint density at radius 1 is 1.25 bits per heavy atom. The molecule has 0 aliphatic carbocycles. The molecular formula is C15H21NO4. The van der Waals surface area contributed by atoms with Gasteiger partial charge in [0.05, 0.1) is 13.0 Å². The summed E-state index contributed by atoms with van der Waals surface area (Å²) in [7, 11) is 3.14. The third kappa shape index (κ3) is 4.66. The van der Waals surface area contributed by atoms with E-state index in [9.17, 15) is 9.59 Å². The van der Waals surface area contributed by atoms with Crippen molar-refractivity contribution in [2.45, 2.75) is 19.4 Å². The van der Waals surface area contributed by atoms with E-state index >= 15 is 0 Å². The molecule has 1 rings (SSSR count). The van der Waals surface area contributed by atoms with Crippen LogP contribution in [0, 0.1) is 0 Å². The second kappa shape index (κ2) is 8.32. The third-order valence-corrected chi connectivity index (χ3v) is 2.90. The van der Waals surface area contributed by atoms with E-state index in [-0.39, 0.29) is 18.3 Å². The van der Waals surface area contributed by atoms with Crippen molar-refractivity contribution >= 4 is 11.9 Å². The quantitative estimate of drug-likeness (QED) is 0.714. The number of methoxy groups -OCH3 is 1. The van der Waals surface area contributed by atoms with Crippen LogP contribution in [0.5, 0.6) is 0 Å². The second-order valence-electron chi connectivity index (χ2n) is 4.34. The van der Waals surface area contributed by atoms with Gasteiger partial charge in [0.1, 0.15) is 0 Å². The number of rotatable bonds is 7. The van der Waals surface area contributed by atoms with Crippen molar-refractivity contribution in [1.29, 1.82) is 0 Å². The number of esters is 1. The molecule has 1 aromatic carbocycles. The fourth-order valence-corrected chi connectivity index (χ4v) is 1.81. The first-order valence-corrected chi connectivity index (χ1v) is 6.58. The Hall–Kier alpha value is -1.88. The maximum absolute atomic E-state index is 12.3. The second-order valence-corrected chi connectivity index (χ2v) is 4.34. The summed E-state index contributed by atoms with van der Waals surface area (Å²) in [4.78, 5) is 25.1. The van der Waals surface area contributed by atoms with Gasteiger partial charge in [0.2, 0.25) is 0 Å². The fraction of sp³-hybridized carbons (Fsp3) is 0.467. The number of amides is 1. The van der Waals surface area contributed by atoms with E-state index in [0.717, 1.165) is 5.56 Å². The van der Waals surface area contributed by atoms with Crippen LogP contribution in [0.2, 0.25) is 0 Å². The van der Waals surface area contributed by atoms with E-state index in [1.807, 2.05) is 30.3 Å². The van der Waals surface area contributed by atoms with Gasteiger partial charge in [0.25, 0.3) is 5.91 Å². The Bertz CT molecular complexity index is 433. The van der Waals surface area contributed by atoms with E-state index in [1.54, 1.807) is 14.0 Å². The highest BCUT2D eigenvalue weighted by Crippen LogP contribution is 2.18. The van der Waals surface area contributed by atoms with Crippen LogP contribution in [0.4, 0.5) is 0 Å². The molecule has 1 unspecified atom stereocenters. The van der Waals surface area contributed by atoms with Gasteiger partial charge in [-0.25, -0.2) is 0 Å². The summed E-state index contributed by atoms with van der Waals surface area (Å²) in [5.74, 6) is -0.483. The van der Waals surface area contributed by atoms with Gasteiger partial charge in [-0.15, -0.1) is 0 Å². The molecule has 5 heteroatoms. The predicted molar refractivity (Wildman–Crippen MR) is 75.1 cm³/mol. The molecule has 0 saturated carbocycles. The van der Waals surface area contributed by atoms with Gasteiger partial charge >= 0.3 is 5.97 Å². The highest BCUT2D eigenvalue weighted by atomic mass is 16.5. The van der Waals surface area contributed by atoms with E-state index in [1.165, 1.54) is 12.0 Å². The van der Waals surface area contributed by atoms with E-state index < -0.39 is 6.10 Å². The summed E-state index contributed by atoms with van der Waals surface area (Å²) in [5.41, 5.74) is 0.794. The first-order chi connectivity index (χ1) is 9.60. The fourth-order valence-electron chi connectivity index (χ4n) is 1.81. The van der Waals surface area contributed by atoms with Crippen LogP contribution in [0.3, 0.4) is 0 Å². The number of hydrogen-bond donors (Lipinski definition) is 0. The van der Waals surface area contributed by atoms with Crippen molar-refractivity contribution in [3.05, 3.63) is 35.9 Å². The van der Waals surface area contributed by atoms with Crippen LogP contribution in [-0.2, 0) is 19.1 Å². The summed E-state index contributed by atoms with van der Waals surface area (Å²) in [6, 6.07) is 9.27. The van der Waals surface area contributed by atoms with Crippen molar-refractivity contribution in [3.8, 4) is 0 Å². The van der Waals surface area contributed by atoms with Gasteiger partial charge in [-0.1, -0.05) is 30.3 Å². The SMILES string of the molecule is CCOC(=O)CCN(C)C(=O)C(OC)c1ccccc1. The first kappa shape index (κ1) is 16.2. The molecule has 1 amide bonds. The van der Waals surface area contributed by atoms with Gasteiger partial charge in [-0.2, -0.15) is 0 Å². The monoisotopic (exact) mass is 279 g/mol. The topological polar surface area (TPSA) is 55.8 Å². The Balaban J connectivity index is 2.60. The molecule has 5 nitrogen and oxygen atoms in total. The van der Waals surface area contributed by atoms with Crippen molar-refractivity contribution < 1.29 is 19.1 Å². The molecule has 1 aromatic rings. The van der Waals surface area contributed by atoms with E-state index in [0.29, 0.717) is 13.2 Å². The number of carbonyl (C=O) groups excluding carboxylic acids is 2. The van der Waals surface area contributed by atoms with Gasteiger partial charge in [-0.3, -0.25) is 9.59 Å². The smallest absolute Gasteiger partial charge is 0.307 e. The number of carbonyl (C=O) groups is 2. The predicted octanol–water partition coefficient (Wildman–Crippen LogP) is 1.79. The molecule has 0 N–H and O–H groups in total. The largest absolute Gasteiger partial charge is 0.466 e. The van der Waals surface area contributed by atoms with Crippen molar-refractivity contribution in [3.63, 3.8) is 0 Å². The molecular weight excluding hydrogens is 258 g/mol. The molecule has 1 atom stereocenters. The molecule has 0 saturated heterocycles. The average Bonchev–Trinajstić information content (AvgIpc) is 2.47. The highest BCUT2D eigenvalue weighted by Gasteiger charge is 2.23. The Kier molecular flexibility index (Phi) is 6.73. The Labute approximate surface area is 119 Å². The lowest BCUT2D eigenvalue weighted by Crippen LogP contribution is -2.34. The van der Waals surface area contributed by atoms with Crippen molar-refractivity contribution in [2.75, 3.05) is 27.3 Å². The number of likely N-dealkylation sites (N-methyl/N-ethyl adjacent to an activating group) is 1. The van der Waals surface area contributed by atoms with E-state index in [4.69, 9.17) is 9.47 Å². The standard InChI is InChI=1S/C15H21NO4/c1-4-20-13(17)10-11-16(2)15(18)14(19-3)12-8-6-5-7-9-12/h5-9,14H,4,10-11H2,1-3H3. The molecule has 0 aliphatic heterocycles. The number of ether oxygens (including phenoxy) is 2. The minimum absolute atomic E-state index is 0.178. The molecule has 0 fully saturated rings. The van der Waals surface area contributed by atoms with Crippen LogP contribution in [0.1, 0.15) is 25.0 Å². The van der Waals surface area contributed by atoms with E-state index in [2.05, 4.69) is 0 Å². The Morgan fingerprint density at radius 2 is 1.90 bits per heavy atom. The maximum atomic E-state index is 12.3. The van der Waals surface area contributed by atoms with Gasteiger partial charge in [0.15, 0.2) is 6.10 Å². The minimum atomic E-state index is -0.650. The number of nitrogens with zero attached hydrogens (tertiary/aromatic N) is 1. The third-order valence-electron chi connectivity index (χ3n) is 2.90. The van der Waals surface area contributed by atoms with Gasteiger partial charge in [-0.05, 0) is 12.5 Å². The lowest BCUT2D eigenvalue weighted by atomic mass is 10.1. The lowest BCUT2D eigenvalue weighted by molar-refractivity contribution is -0.145. The van der Waals surface area contributed by atoms with Crippen molar-refractivity contribution in [1.82, 2.24) is 4.90 Å².